The van der Waals surface area contributed by atoms with Gasteiger partial charge < -0.3 is 15.2 Å². The van der Waals surface area contributed by atoms with Gasteiger partial charge in [-0.05, 0) is 12.0 Å². The largest absolute Gasteiger partial charge is 0.482 e. The van der Waals surface area contributed by atoms with Crippen LogP contribution in [-0.2, 0) is 9.59 Å². The summed E-state index contributed by atoms with van der Waals surface area (Å²) in [6, 6.07) is 2.85. The Morgan fingerprint density at radius 3 is 2.48 bits per heavy atom. The van der Waals surface area contributed by atoms with Crippen LogP contribution in [0.25, 0.3) is 0 Å². The molecule has 0 radical (unpaired) electrons. The first-order valence-electron chi connectivity index (χ1n) is 6.05. The van der Waals surface area contributed by atoms with Crippen molar-refractivity contribution < 1.29 is 19.4 Å². The molecule has 0 saturated carbocycles. The predicted molar refractivity (Wildman–Crippen MR) is 81.4 cm³/mol. The van der Waals surface area contributed by atoms with Gasteiger partial charge >= 0.3 is 5.97 Å². The second-order valence-corrected chi connectivity index (χ2v) is 5.71. The number of ether oxygens (including phenoxy) is 1. The van der Waals surface area contributed by atoms with E-state index < -0.39 is 5.97 Å². The molecule has 1 rings (SSSR count). The van der Waals surface area contributed by atoms with Crippen LogP contribution < -0.4 is 10.1 Å². The van der Waals surface area contributed by atoms with Crippen LogP contribution in [0.3, 0.4) is 0 Å². The second kappa shape index (κ2) is 8.32. The molecule has 1 aromatic rings. The monoisotopic (exact) mass is 353 g/mol. The number of halogens is 3. The number of carbonyl (C=O) groups is 2. The molecule has 1 amide bonds. The number of benzene rings is 1. The number of carboxylic acids is 1. The third kappa shape index (κ3) is 6.42. The van der Waals surface area contributed by atoms with E-state index in [1.165, 1.54) is 12.1 Å². The Balaban J connectivity index is 2.43. The first-order valence-corrected chi connectivity index (χ1v) is 7.18. The van der Waals surface area contributed by atoms with Crippen molar-refractivity contribution in [3.05, 3.63) is 27.2 Å². The Labute approximate surface area is 137 Å². The van der Waals surface area contributed by atoms with Gasteiger partial charge in [-0.3, -0.25) is 9.59 Å². The Kier molecular flexibility index (Phi) is 7.08. The lowest BCUT2D eigenvalue weighted by atomic mass is 10.1. The van der Waals surface area contributed by atoms with Gasteiger partial charge in [0.15, 0.2) is 6.61 Å². The van der Waals surface area contributed by atoms with E-state index >= 15 is 0 Å². The van der Waals surface area contributed by atoms with Crippen LogP contribution in [0.1, 0.15) is 13.3 Å². The topological polar surface area (TPSA) is 75.6 Å². The average molecular weight is 355 g/mol. The predicted octanol–water partition coefficient (Wildman–Crippen LogP) is 3.25. The highest BCUT2D eigenvalue weighted by molar-refractivity contribution is 6.43. The molecule has 116 valence electrons. The van der Waals surface area contributed by atoms with Gasteiger partial charge in [-0.15, -0.1) is 0 Å². The van der Waals surface area contributed by atoms with E-state index in [1.807, 2.05) is 0 Å². The highest BCUT2D eigenvalue weighted by atomic mass is 35.5. The van der Waals surface area contributed by atoms with Crippen LogP contribution in [0.2, 0.25) is 15.1 Å². The number of nitrogens with one attached hydrogen (secondary N) is 1. The smallest absolute Gasteiger partial charge is 0.303 e. The van der Waals surface area contributed by atoms with Crippen LogP contribution >= 0.6 is 34.8 Å². The summed E-state index contributed by atoms with van der Waals surface area (Å²) in [4.78, 5) is 22.1. The molecule has 1 atom stereocenters. The van der Waals surface area contributed by atoms with Crippen molar-refractivity contribution in [2.75, 3.05) is 13.2 Å². The number of hydrogen-bond donors (Lipinski definition) is 2. The molecule has 1 unspecified atom stereocenters. The van der Waals surface area contributed by atoms with Crippen molar-refractivity contribution in [2.24, 2.45) is 5.92 Å². The van der Waals surface area contributed by atoms with E-state index in [0.717, 1.165) is 0 Å². The van der Waals surface area contributed by atoms with Crippen LogP contribution in [0.5, 0.6) is 5.75 Å². The van der Waals surface area contributed by atoms with Gasteiger partial charge in [0.2, 0.25) is 0 Å². The van der Waals surface area contributed by atoms with E-state index in [9.17, 15) is 9.59 Å². The van der Waals surface area contributed by atoms with Crippen molar-refractivity contribution in [1.29, 1.82) is 0 Å². The lowest BCUT2D eigenvalue weighted by Gasteiger charge is -2.12. The van der Waals surface area contributed by atoms with E-state index in [4.69, 9.17) is 44.6 Å². The van der Waals surface area contributed by atoms with Crippen molar-refractivity contribution in [2.45, 2.75) is 13.3 Å². The number of amides is 1. The highest BCUT2D eigenvalue weighted by Crippen LogP contribution is 2.33. The third-order valence-electron chi connectivity index (χ3n) is 2.50. The molecule has 0 aromatic heterocycles. The lowest BCUT2D eigenvalue weighted by molar-refractivity contribution is -0.138. The van der Waals surface area contributed by atoms with Crippen molar-refractivity contribution in [3.63, 3.8) is 0 Å². The molecule has 0 aliphatic heterocycles. The summed E-state index contributed by atoms with van der Waals surface area (Å²) < 4.78 is 5.24. The Bertz CT molecular complexity index is 536. The first-order chi connectivity index (χ1) is 9.79. The maximum atomic E-state index is 11.6. The van der Waals surface area contributed by atoms with Crippen LogP contribution in [0.15, 0.2) is 12.1 Å². The van der Waals surface area contributed by atoms with Crippen molar-refractivity contribution in [1.82, 2.24) is 5.32 Å². The zero-order valence-corrected chi connectivity index (χ0v) is 13.4. The average Bonchev–Trinajstić information content (AvgIpc) is 2.38. The minimum absolute atomic E-state index is 0.0141. The van der Waals surface area contributed by atoms with Gasteiger partial charge in [0.25, 0.3) is 5.91 Å². The van der Waals surface area contributed by atoms with Crippen molar-refractivity contribution in [3.8, 4) is 5.75 Å². The summed E-state index contributed by atoms with van der Waals surface area (Å²) in [5.41, 5.74) is 0. The molecular formula is C13H14Cl3NO4. The highest BCUT2D eigenvalue weighted by Gasteiger charge is 2.11. The van der Waals surface area contributed by atoms with Gasteiger partial charge in [-0.25, -0.2) is 0 Å². The number of carbonyl (C=O) groups excluding carboxylic acids is 1. The fraction of sp³-hybridized carbons (Fsp3) is 0.385. The molecule has 5 nitrogen and oxygen atoms in total. The minimum atomic E-state index is -0.907. The maximum Gasteiger partial charge on any atom is 0.303 e. The molecule has 0 fully saturated rings. The molecule has 2 N–H and O–H groups in total. The number of rotatable bonds is 7. The summed E-state index contributed by atoms with van der Waals surface area (Å²) in [5.74, 6) is -1.20. The number of aliphatic carboxylic acids is 1. The zero-order valence-electron chi connectivity index (χ0n) is 11.2. The molecule has 1 aromatic carbocycles. The van der Waals surface area contributed by atoms with Crippen LogP contribution in [0, 0.1) is 5.92 Å². The van der Waals surface area contributed by atoms with Crippen LogP contribution in [-0.4, -0.2) is 30.1 Å². The number of carboxylic acid groups (broad SMARTS) is 1. The van der Waals surface area contributed by atoms with Crippen molar-refractivity contribution >= 4 is 46.7 Å². The Hall–Kier alpha value is -1.17. The molecule has 0 aliphatic rings. The van der Waals surface area contributed by atoms with Gasteiger partial charge in [0.1, 0.15) is 5.75 Å². The standard InChI is InChI=1S/C13H14Cl3NO4/c1-7(2-13(19)20)5-17-12(18)6-21-11-4-9(15)8(14)3-10(11)16/h3-4,7H,2,5-6H2,1H3,(H,17,18)(H,19,20). The zero-order chi connectivity index (χ0) is 16.0. The van der Waals surface area contributed by atoms with Gasteiger partial charge in [0.05, 0.1) is 15.1 Å². The summed E-state index contributed by atoms with van der Waals surface area (Å²) in [7, 11) is 0. The molecule has 0 bridgehead atoms. The van der Waals surface area contributed by atoms with Gasteiger partial charge in [-0.1, -0.05) is 41.7 Å². The number of hydrogen-bond acceptors (Lipinski definition) is 3. The normalized spacial score (nSPS) is 11.8. The molecule has 0 aliphatic carbocycles. The van der Waals surface area contributed by atoms with Gasteiger partial charge in [0, 0.05) is 19.0 Å². The van der Waals surface area contributed by atoms with E-state index in [0.29, 0.717) is 5.02 Å². The third-order valence-corrected chi connectivity index (χ3v) is 3.52. The summed E-state index contributed by atoms with van der Waals surface area (Å²) in [5, 5.41) is 12.0. The lowest BCUT2D eigenvalue weighted by Crippen LogP contribution is -2.33. The summed E-state index contributed by atoms with van der Waals surface area (Å²) >= 11 is 17.5. The molecule has 21 heavy (non-hydrogen) atoms. The fourth-order valence-electron chi connectivity index (χ4n) is 1.47. The molecular weight excluding hydrogens is 341 g/mol. The van der Waals surface area contributed by atoms with E-state index in [2.05, 4.69) is 5.32 Å². The SMILES string of the molecule is CC(CNC(=O)COc1cc(Cl)c(Cl)cc1Cl)CC(=O)O. The summed E-state index contributed by atoms with van der Waals surface area (Å²) in [6.07, 6.45) is -0.0141. The first kappa shape index (κ1) is 17.9. The minimum Gasteiger partial charge on any atom is -0.482 e. The Morgan fingerprint density at radius 1 is 1.24 bits per heavy atom. The van der Waals surface area contributed by atoms with Crippen LogP contribution in [0.4, 0.5) is 0 Å². The van der Waals surface area contributed by atoms with E-state index in [1.54, 1.807) is 6.92 Å². The fourth-order valence-corrected chi connectivity index (χ4v) is 2.06. The van der Waals surface area contributed by atoms with Gasteiger partial charge in [-0.2, -0.15) is 0 Å². The molecule has 0 spiro atoms. The maximum absolute atomic E-state index is 11.6. The quantitative estimate of drug-likeness (QED) is 0.737. The molecule has 8 heteroatoms. The molecule has 0 heterocycles. The Morgan fingerprint density at radius 2 is 1.86 bits per heavy atom. The second-order valence-electron chi connectivity index (χ2n) is 4.49. The molecule has 0 saturated heterocycles. The van der Waals surface area contributed by atoms with E-state index in [-0.39, 0.29) is 47.2 Å². The summed E-state index contributed by atoms with van der Waals surface area (Å²) in [6.45, 7) is 1.73.